The minimum Gasteiger partial charge on any atom is -0.258 e. The quantitative estimate of drug-likeness (QED) is 0.676. The van der Waals surface area contributed by atoms with Crippen molar-refractivity contribution >= 4 is 38.1 Å². The van der Waals surface area contributed by atoms with Gasteiger partial charge in [0.1, 0.15) is 0 Å². The Morgan fingerprint density at radius 2 is 1.81 bits per heavy atom. The fraction of sp³-hybridized carbons (Fsp3) is 0.214. The molecule has 2 heteroatoms. The zero-order valence-electron chi connectivity index (χ0n) is 9.50. The number of rotatable bonds is 2. The molecule has 0 fully saturated rings. The minimum atomic E-state index is 0.998. The number of nitrogens with zero attached hydrogens (tertiary/aromatic N) is 1. The van der Waals surface area contributed by atoms with Gasteiger partial charge in [0.05, 0.1) is 5.69 Å². The van der Waals surface area contributed by atoms with Gasteiger partial charge in [0.25, 0.3) is 0 Å². The maximum absolute atomic E-state index is 4.56. The molecular weight excluding hydrogens is 262 g/mol. The van der Waals surface area contributed by atoms with E-state index in [0.29, 0.717) is 0 Å². The summed E-state index contributed by atoms with van der Waals surface area (Å²) in [7, 11) is 0. The van der Waals surface area contributed by atoms with Crippen LogP contribution in [0.1, 0.15) is 20.3 Å². The van der Waals surface area contributed by atoms with E-state index in [2.05, 4.69) is 71.2 Å². The Balaban J connectivity index is 2.48. The molecule has 0 saturated heterocycles. The van der Waals surface area contributed by atoms with E-state index in [9.17, 15) is 0 Å². The molecule has 1 nitrogen and oxygen atoms in total. The molecule has 2 aromatic rings. The van der Waals surface area contributed by atoms with Crippen molar-refractivity contribution in [3.8, 4) is 0 Å². The number of benzene rings is 2. The van der Waals surface area contributed by atoms with Crippen molar-refractivity contribution in [3.63, 3.8) is 0 Å². The Labute approximate surface area is 104 Å². The van der Waals surface area contributed by atoms with E-state index in [1.165, 1.54) is 10.8 Å². The Morgan fingerprint density at radius 1 is 1.12 bits per heavy atom. The molecule has 82 valence electrons. The Kier molecular flexibility index (Phi) is 3.39. The molecular formula is C14H14BrN. The first kappa shape index (κ1) is 11.3. The van der Waals surface area contributed by atoms with E-state index < -0.39 is 0 Å². The van der Waals surface area contributed by atoms with E-state index in [4.69, 9.17) is 0 Å². The van der Waals surface area contributed by atoms with Gasteiger partial charge in [0, 0.05) is 10.2 Å². The standard InChI is InChI=1S/C14H14BrN/c1-3-10(2)16-14-7-5-11-8-13(15)6-4-12(11)9-14/h4-9H,3H2,1-2H3. The van der Waals surface area contributed by atoms with Crippen molar-refractivity contribution in [2.75, 3.05) is 0 Å². The van der Waals surface area contributed by atoms with Crippen LogP contribution in [0.3, 0.4) is 0 Å². The van der Waals surface area contributed by atoms with Crippen LogP contribution in [0.15, 0.2) is 45.9 Å². The average molecular weight is 276 g/mol. The highest BCUT2D eigenvalue weighted by Crippen LogP contribution is 2.24. The number of halogens is 1. The first-order valence-electron chi connectivity index (χ1n) is 5.42. The van der Waals surface area contributed by atoms with Crippen molar-refractivity contribution in [1.29, 1.82) is 0 Å². The fourth-order valence-electron chi connectivity index (χ4n) is 1.57. The highest BCUT2D eigenvalue weighted by atomic mass is 79.9. The molecule has 0 heterocycles. The summed E-state index contributed by atoms with van der Waals surface area (Å²) in [5.74, 6) is 0. The normalized spacial score (nSPS) is 12.1. The fourth-order valence-corrected chi connectivity index (χ4v) is 1.95. The highest BCUT2D eigenvalue weighted by Gasteiger charge is 1.97. The van der Waals surface area contributed by atoms with E-state index in [1.54, 1.807) is 0 Å². The molecule has 0 aliphatic heterocycles. The maximum atomic E-state index is 4.56. The molecule has 2 aromatic carbocycles. The second-order valence-electron chi connectivity index (χ2n) is 3.88. The molecule has 0 unspecified atom stereocenters. The minimum absolute atomic E-state index is 0.998. The lowest BCUT2D eigenvalue weighted by Gasteiger charge is -2.01. The van der Waals surface area contributed by atoms with Crippen LogP contribution in [0, 0.1) is 0 Å². The predicted molar refractivity (Wildman–Crippen MR) is 74.7 cm³/mol. The van der Waals surface area contributed by atoms with Crippen LogP contribution in [0.25, 0.3) is 10.8 Å². The summed E-state index contributed by atoms with van der Waals surface area (Å²) in [6, 6.07) is 12.6. The van der Waals surface area contributed by atoms with Crippen molar-refractivity contribution in [1.82, 2.24) is 0 Å². The molecule has 0 N–H and O–H groups in total. The third-order valence-electron chi connectivity index (χ3n) is 2.62. The molecule has 16 heavy (non-hydrogen) atoms. The van der Waals surface area contributed by atoms with E-state index in [-0.39, 0.29) is 0 Å². The molecule has 0 saturated carbocycles. The summed E-state index contributed by atoms with van der Waals surface area (Å²) in [4.78, 5) is 4.56. The highest BCUT2D eigenvalue weighted by molar-refractivity contribution is 9.10. The molecule has 0 spiro atoms. The monoisotopic (exact) mass is 275 g/mol. The smallest absolute Gasteiger partial charge is 0.0635 e. The third kappa shape index (κ3) is 2.50. The molecule has 0 aliphatic carbocycles. The van der Waals surface area contributed by atoms with Gasteiger partial charge in [-0.05, 0) is 48.4 Å². The molecule has 0 radical (unpaired) electrons. The molecule has 0 amide bonds. The number of hydrogen-bond acceptors (Lipinski definition) is 1. The van der Waals surface area contributed by atoms with Gasteiger partial charge in [-0.25, -0.2) is 0 Å². The zero-order valence-corrected chi connectivity index (χ0v) is 11.1. The van der Waals surface area contributed by atoms with Crippen LogP contribution in [0.4, 0.5) is 5.69 Å². The lowest BCUT2D eigenvalue weighted by atomic mass is 10.1. The summed E-state index contributed by atoms with van der Waals surface area (Å²) in [5.41, 5.74) is 2.20. The topological polar surface area (TPSA) is 12.4 Å². The van der Waals surface area contributed by atoms with Gasteiger partial charge in [-0.3, -0.25) is 4.99 Å². The first-order chi connectivity index (χ1) is 7.69. The van der Waals surface area contributed by atoms with E-state index in [1.807, 2.05) is 0 Å². The van der Waals surface area contributed by atoms with Crippen molar-refractivity contribution in [3.05, 3.63) is 40.9 Å². The summed E-state index contributed by atoms with van der Waals surface area (Å²) in [5, 5.41) is 2.47. The summed E-state index contributed by atoms with van der Waals surface area (Å²) in [6.45, 7) is 4.18. The predicted octanol–water partition coefficient (Wildman–Crippen LogP) is 5.10. The Morgan fingerprint density at radius 3 is 2.56 bits per heavy atom. The van der Waals surface area contributed by atoms with E-state index in [0.717, 1.165) is 22.3 Å². The zero-order chi connectivity index (χ0) is 11.5. The molecule has 0 aliphatic rings. The summed E-state index contributed by atoms with van der Waals surface area (Å²) >= 11 is 3.47. The van der Waals surface area contributed by atoms with Gasteiger partial charge < -0.3 is 0 Å². The number of hydrogen-bond donors (Lipinski definition) is 0. The SMILES string of the molecule is CCC(C)=Nc1ccc2cc(Br)ccc2c1. The van der Waals surface area contributed by atoms with Crippen LogP contribution < -0.4 is 0 Å². The van der Waals surface area contributed by atoms with E-state index >= 15 is 0 Å². The largest absolute Gasteiger partial charge is 0.258 e. The second-order valence-corrected chi connectivity index (χ2v) is 4.79. The van der Waals surface area contributed by atoms with Gasteiger partial charge in [0.2, 0.25) is 0 Å². The van der Waals surface area contributed by atoms with Crippen LogP contribution >= 0.6 is 15.9 Å². The van der Waals surface area contributed by atoms with Gasteiger partial charge in [-0.1, -0.05) is 35.0 Å². The Bertz CT molecular complexity index is 543. The molecule has 2 rings (SSSR count). The molecule has 0 bridgehead atoms. The van der Waals surface area contributed by atoms with Crippen LogP contribution in [0.2, 0.25) is 0 Å². The van der Waals surface area contributed by atoms with Crippen LogP contribution in [0.5, 0.6) is 0 Å². The van der Waals surface area contributed by atoms with Gasteiger partial charge in [0.15, 0.2) is 0 Å². The van der Waals surface area contributed by atoms with Gasteiger partial charge in [-0.2, -0.15) is 0 Å². The van der Waals surface area contributed by atoms with Crippen molar-refractivity contribution in [2.45, 2.75) is 20.3 Å². The van der Waals surface area contributed by atoms with Crippen molar-refractivity contribution in [2.24, 2.45) is 4.99 Å². The Hall–Kier alpha value is -1.15. The lowest BCUT2D eigenvalue weighted by molar-refractivity contribution is 1.25. The lowest BCUT2D eigenvalue weighted by Crippen LogP contribution is -1.85. The van der Waals surface area contributed by atoms with Crippen molar-refractivity contribution < 1.29 is 0 Å². The number of fused-ring (bicyclic) bond motifs is 1. The summed E-state index contributed by atoms with van der Waals surface area (Å²) < 4.78 is 1.11. The third-order valence-corrected chi connectivity index (χ3v) is 3.11. The van der Waals surface area contributed by atoms with Crippen LogP contribution in [-0.4, -0.2) is 5.71 Å². The first-order valence-corrected chi connectivity index (χ1v) is 6.22. The second kappa shape index (κ2) is 4.79. The number of aliphatic imine (C=N–C) groups is 1. The molecule has 0 atom stereocenters. The molecule has 0 aromatic heterocycles. The van der Waals surface area contributed by atoms with Crippen LogP contribution in [-0.2, 0) is 0 Å². The van der Waals surface area contributed by atoms with Gasteiger partial charge in [-0.15, -0.1) is 0 Å². The summed E-state index contributed by atoms with van der Waals surface area (Å²) in [6.07, 6.45) is 0.998. The van der Waals surface area contributed by atoms with Gasteiger partial charge >= 0.3 is 0 Å². The maximum Gasteiger partial charge on any atom is 0.0635 e. The average Bonchev–Trinajstić information content (AvgIpc) is 2.29.